The molecule has 1 saturated carbocycles. The minimum Gasteiger partial charge on any atom is -0.344 e. The monoisotopic (exact) mass is 931 g/mol. The zero-order valence-corrected chi connectivity index (χ0v) is 39.3. The number of alkyl halides is 3. The molecule has 0 radical (unpaired) electrons. The van der Waals surface area contributed by atoms with Crippen molar-refractivity contribution in [3.05, 3.63) is 33.8 Å². The van der Waals surface area contributed by atoms with Crippen LogP contribution in [0.3, 0.4) is 0 Å². The second kappa shape index (κ2) is 23.7. The Morgan fingerprint density at radius 1 is 0.889 bits per heavy atom. The van der Waals surface area contributed by atoms with Crippen molar-refractivity contribution in [3.8, 4) is 0 Å². The zero-order chi connectivity index (χ0) is 47.4. The highest BCUT2D eigenvalue weighted by molar-refractivity contribution is 6.33. The maximum atomic E-state index is 14.5. The van der Waals surface area contributed by atoms with Gasteiger partial charge in [-0.1, -0.05) is 70.2 Å². The molecule has 6 atom stereocenters. The summed E-state index contributed by atoms with van der Waals surface area (Å²) >= 11 is 12.8. The number of hydrogen-bond acceptors (Lipinski definition) is 7. The predicted octanol–water partition coefficient (Wildman–Crippen LogP) is 5.56. The molecule has 4 N–H and O–H groups in total. The molecular weight excluding hydrogens is 866 g/mol. The predicted molar refractivity (Wildman–Crippen MR) is 234 cm³/mol. The molecule has 0 unspecified atom stereocenters. The Morgan fingerprint density at radius 2 is 1.52 bits per heavy atom. The number of rotatable bonds is 13. The molecule has 354 valence electrons. The van der Waals surface area contributed by atoms with Gasteiger partial charge in [0.15, 0.2) is 0 Å². The van der Waals surface area contributed by atoms with Crippen LogP contribution in [-0.4, -0.2) is 126 Å². The molecule has 2 fully saturated rings. The summed E-state index contributed by atoms with van der Waals surface area (Å²) in [7, 11) is 3.02. The third kappa shape index (κ3) is 13.7. The first kappa shape index (κ1) is 53.2. The van der Waals surface area contributed by atoms with Crippen molar-refractivity contribution in [3.63, 3.8) is 0 Å². The summed E-state index contributed by atoms with van der Waals surface area (Å²) in [6, 6.07) is -2.37. The first-order valence-electron chi connectivity index (χ1n) is 22.1. The van der Waals surface area contributed by atoms with Gasteiger partial charge in [0.05, 0.1) is 0 Å². The molecule has 0 bridgehead atoms. The molecule has 7 amide bonds. The lowest BCUT2D eigenvalue weighted by atomic mass is 9.72. The highest BCUT2D eigenvalue weighted by Crippen LogP contribution is 2.49. The van der Waals surface area contributed by atoms with E-state index >= 15 is 0 Å². The topological polar surface area (TPSA) is 177 Å². The molecule has 0 spiro atoms. The number of benzene rings is 1. The van der Waals surface area contributed by atoms with Gasteiger partial charge in [0.2, 0.25) is 41.4 Å². The lowest BCUT2D eigenvalue weighted by Crippen LogP contribution is -2.61. The molecule has 1 aromatic carbocycles. The SMILES string of the molecule is CC[C@H](NC(=O)C1(C(F)(F)F)CCCCC1)C(=O)N[C@@H](C)C(=O)N(CC)[C@H]1CCCCN(C)C(=O)[C@@H](CC)NC(=O)[C@H](Cc2cc(Cl)ccc2Cl)N(C)C(=O)[C@H](CC(C)C)NC1=O. The van der Waals surface area contributed by atoms with E-state index < -0.39 is 83.3 Å². The summed E-state index contributed by atoms with van der Waals surface area (Å²) in [6.07, 6.45) is -3.46. The second-order valence-corrected chi connectivity index (χ2v) is 18.1. The van der Waals surface area contributed by atoms with Crippen molar-refractivity contribution >= 4 is 64.6 Å². The molecule has 14 nitrogen and oxygen atoms in total. The van der Waals surface area contributed by atoms with Crippen LogP contribution in [0.15, 0.2) is 18.2 Å². The van der Waals surface area contributed by atoms with Crippen molar-refractivity contribution in [2.45, 2.75) is 161 Å². The standard InChI is InChI=1S/C44H66Cl2F3N7O7/c1-9-31(53-42(63)43(44(47,48)49)20-14-12-15-21-43)36(57)50-27(6)39(60)56(11-3)34-17-13-16-22-54(7)40(61)32(10-2)51-38(59)35(25-28-24-29(45)18-19-30(28)46)55(8)41(62)33(23-26(4)5)52-37(34)58/h18-19,24,26-27,31-35H,9-17,20-23,25H2,1-8H3,(H,50,57)(H,51,59)(H,52,58)(H,53,63)/t27-,31-,32+,33-,34-,35-/m0/s1. The molecule has 1 heterocycles. The Morgan fingerprint density at radius 3 is 2.10 bits per heavy atom. The van der Waals surface area contributed by atoms with Gasteiger partial charge in [-0.25, -0.2) is 0 Å². The molecule has 1 saturated heterocycles. The van der Waals surface area contributed by atoms with Crippen LogP contribution < -0.4 is 21.3 Å². The van der Waals surface area contributed by atoms with Crippen molar-refractivity contribution < 1.29 is 46.7 Å². The van der Waals surface area contributed by atoms with E-state index in [0.717, 1.165) is 0 Å². The van der Waals surface area contributed by atoms with Gasteiger partial charge in [0.25, 0.3) is 0 Å². The fraction of sp³-hybridized carbons (Fsp3) is 0.705. The van der Waals surface area contributed by atoms with Crippen LogP contribution >= 0.6 is 23.2 Å². The number of nitrogens with zero attached hydrogens (tertiary/aromatic N) is 3. The van der Waals surface area contributed by atoms with Crippen molar-refractivity contribution in [2.24, 2.45) is 11.3 Å². The summed E-state index contributed by atoms with van der Waals surface area (Å²) in [4.78, 5) is 102. The molecule has 1 aliphatic carbocycles. The minimum atomic E-state index is -4.82. The maximum Gasteiger partial charge on any atom is 0.403 e. The van der Waals surface area contributed by atoms with Crippen molar-refractivity contribution in [1.82, 2.24) is 36.0 Å². The van der Waals surface area contributed by atoms with E-state index in [4.69, 9.17) is 23.2 Å². The van der Waals surface area contributed by atoms with E-state index in [9.17, 15) is 46.7 Å². The van der Waals surface area contributed by atoms with Crippen molar-refractivity contribution in [1.29, 1.82) is 0 Å². The van der Waals surface area contributed by atoms with E-state index in [-0.39, 0.29) is 82.7 Å². The highest BCUT2D eigenvalue weighted by atomic mass is 35.5. The highest BCUT2D eigenvalue weighted by Gasteiger charge is 2.60. The average Bonchev–Trinajstić information content (AvgIpc) is 3.23. The van der Waals surface area contributed by atoms with E-state index in [2.05, 4.69) is 21.3 Å². The fourth-order valence-electron chi connectivity index (χ4n) is 8.37. The van der Waals surface area contributed by atoms with Gasteiger partial charge in [-0.2, -0.15) is 13.2 Å². The van der Waals surface area contributed by atoms with Crippen LogP contribution in [0, 0.1) is 11.3 Å². The van der Waals surface area contributed by atoms with E-state index in [1.165, 1.54) is 35.6 Å². The molecule has 19 heteroatoms. The largest absolute Gasteiger partial charge is 0.403 e. The molecule has 1 aromatic rings. The summed E-state index contributed by atoms with van der Waals surface area (Å²) in [5, 5.41) is 11.2. The summed E-state index contributed by atoms with van der Waals surface area (Å²) < 4.78 is 42.9. The smallest absolute Gasteiger partial charge is 0.344 e. The number of likely N-dealkylation sites (N-methyl/N-ethyl adjacent to an activating group) is 3. The Hall–Kier alpha value is -4.12. The van der Waals surface area contributed by atoms with E-state index in [1.807, 2.05) is 13.8 Å². The number of nitrogens with one attached hydrogen (secondary N) is 4. The fourth-order valence-corrected chi connectivity index (χ4v) is 8.76. The molecule has 2 aliphatic rings. The second-order valence-electron chi connectivity index (χ2n) is 17.3. The van der Waals surface area contributed by atoms with Gasteiger partial charge in [-0.05, 0) is 94.9 Å². The van der Waals surface area contributed by atoms with Gasteiger partial charge in [0.1, 0.15) is 41.7 Å². The summed E-state index contributed by atoms with van der Waals surface area (Å²) in [6.45, 7) is 10.3. The lowest BCUT2D eigenvalue weighted by molar-refractivity contribution is -0.230. The molecular formula is C44H66Cl2F3N7O7. The Balaban J connectivity index is 1.97. The average molecular weight is 933 g/mol. The van der Waals surface area contributed by atoms with Gasteiger partial charge in [-0.15, -0.1) is 0 Å². The van der Waals surface area contributed by atoms with E-state index in [0.29, 0.717) is 34.9 Å². The molecule has 63 heavy (non-hydrogen) atoms. The number of carbonyl (C=O) groups excluding carboxylic acids is 7. The third-order valence-electron chi connectivity index (χ3n) is 12.2. The number of amides is 7. The summed E-state index contributed by atoms with van der Waals surface area (Å²) in [5.74, 6) is -5.20. The Bertz CT molecular complexity index is 1800. The number of hydrogen-bond donors (Lipinski definition) is 4. The van der Waals surface area contributed by atoms with Gasteiger partial charge in [-0.3, -0.25) is 33.6 Å². The van der Waals surface area contributed by atoms with Crippen LogP contribution in [0.2, 0.25) is 10.0 Å². The summed E-state index contributed by atoms with van der Waals surface area (Å²) in [5.41, 5.74) is -2.14. The van der Waals surface area contributed by atoms with Crippen LogP contribution in [0.25, 0.3) is 0 Å². The van der Waals surface area contributed by atoms with Gasteiger partial charge < -0.3 is 36.0 Å². The molecule has 1 aliphatic heterocycles. The number of carbonyl (C=O) groups is 7. The first-order chi connectivity index (χ1) is 29.5. The van der Waals surface area contributed by atoms with Gasteiger partial charge in [0, 0.05) is 43.7 Å². The van der Waals surface area contributed by atoms with Crippen LogP contribution in [0.1, 0.15) is 118 Å². The molecule has 3 rings (SSSR count). The van der Waals surface area contributed by atoms with Crippen molar-refractivity contribution in [2.75, 3.05) is 27.2 Å². The third-order valence-corrected chi connectivity index (χ3v) is 12.8. The van der Waals surface area contributed by atoms with Crippen LogP contribution in [-0.2, 0) is 40.0 Å². The minimum absolute atomic E-state index is 0.0128. The zero-order valence-electron chi connectivity index (χ0n) is 37.8. The van der Waals surface area contributed by atoms with Crippen LogP contribution in [0.4, 0.5) is 13.2 Å². The normalized spacial score (nSPS) is 23.1. The number of halogens is 5. The Labute approximate surface area is 379 Å². The lowest BCUT2D eigenvalue weighted by Gasteiger charge is -2.38. The first-order valence-corrected chi connectivity index (χ1v) is 22.8. The Kier molecular flexibility index (Phi) is 20.0. The molecule has 0 aromatic heterocycles. The van der Waals surface area contributed by atoms with Crippen LogP contribution in [0.5, 0.6) is 0 Å². The van der Waals surface area contributed by atoms with E-state index in [1.54, 1.807) is 39.1 Å². The maximum absolute atomic E-state index is 14.5. The quantitative estimate of drug-likeness (QED) is 0.200. The van der Waals surface area contributed by atoms with Gasteiger partial charge >= 0.3 is 6.18 Å².